The first-order chi connectivity index (χ1) is 10.8. The van der Waals surface area contributed by atoms with E-state index in [0.29, 0.717) is 29.1 Å². The van der Waals surface area contributed by atoms with Gasteiger partial charge in [0.05, 0.1) is 5.56 Å². The number of alkyl halides is 3. The Morgan fingerprint density at radius 1 is 1.26 bits per heavy atom. The zero-order valence-corrected chi connectivity index (χ0v) is 14.3. The fourth-order valence-corrected chi connectivity index (χ4v) is 3.25. The predicted molar refractivity (Wildman–Crippen MR) is 87.6 cm³/mol. The highest BCUT2D eigenvalue weighted by Gasteiger charge is 2.31. The van der Waals surface area contributed by atoms with Crippen LogP contribution >= 0.6 is 11.6 Å². The maximum Gasteiger partial charge on any atom is 0.416 e. The van der Waals surface area contributed by atoms with Crippen molar-refractivity contribution in [1.29, 1.82) is 0 Å². The lowest BCUT2D eigenvalue weighted by molar-refractivity contribution is -0.137. The molecule has 0 atom stereocenters. The summed E-state index contributed by atoms with van der Waals surface area (Å²) in [5.74, 6) is 0.453. The van der Waals surface area contributed by atoms with Crippen LogP contribution in [0.5, 0.6) is 0 Å². The molecule has 0 aromatic heterocycles. The van der Waals surface area contributed by atoms with Crippen LogP contribution in [0.25, 0.3) is 0 Å². The van der Waals surface area contributed by atoms with Crippen molar-refractivity contribution in [2.45, 2.75) is 45.5 Å². The third-order valence-electron chi connectivity index (χ3n) is 4.17. The third kappa shape index (κ3) is 5.37. The quantitative estimate of drug-likeness (QED) is 0.838. The average Bonchev–Trinajstić information content (AvgIpc) is 2.48. The highest BCUT2D eigenvalue weighted by molar-refractivity contribution is 6.31. The molecule has 0 spiro atoms. The summed E-state index contributed by atoms with van der Waals surface area (Å²) in [4.78, 5) is 2.28. The van der Waals surface area contributed by atoms with Crippen LogP contribution in [0, 0.1) is 5.92 Å². The predicted octanol–water partition coefficient (Wildman–Crippen LogP) is 4.57. The van der Waals surface area contributed by atoms with E-state index in [9.17, 15) is 13.2 Å². The van der Waals surface area contributed by atoms with Gasteiger partial charge in [0.1, 0.15) is 0 Å². The summed E-state index contributed by atoms with van der Waals surface area (Å²) in [5.41, 5.74) is -0.0765. The Hall–Kier alpha value is -0.780. The van der Waals surface area contributed by atoms with Crippen molar-refractivity contribution in [2.24, 2.45) is 5.92 Å². The van der Waals surface area contributed by atoms with E-state index in [0.717, 1.165) is 38.5 Å². The van der Waals surface area contributed by atoms with Gasteiger partial charge in [-0.25, -0.2) is 0 Å². The maximum absolute atomic E-state index is 12.9. The van der Waals surface area contributed by atoms with Gasteiger partial charge in [0.25, 0.3) is 0 Å². The van der Waals surface area contributed by atoms with Gasteiger partial charge in [0.15, 0.2) is 0 Å². The molecule has 1 aromatic rings. The number of halogens is 4. The fraction of sp³-hybridized carbons (Fsp3) is 0.647. The summed E-state index contributed by atoms with van der Waals surface area (Å²) in [6.45, 7) is 7.48. The Morgan fingerprint density at radius 3 is 2.48 bits per heavy atom. The van der Waals surface area contributed by atoms with Crippen molar-refractivity contribution < 1.29 is 13.2 Å². The first-order valence-electron chi connectivity index (χ1n) is 8.07. The van der Waals surface area contributed by atoms with Crippen LogP contribution in [-0.4, -0.2) is 30.6 Å². The van der Waals surface area contributed by atoms with Gasteiger partial charge in [-0.05, 0) is 55.6 Å². The standard InChI is InChI=1S/C17H24ClF3N2/c1-12(2)10-23(15-5-7-22-8-6-15)11-13-9-14(17(19,20)21)3-4-16(13)18/h3-4,9,12,15,22H,5-8,10-11H2,1-2H3. The number of benzene rings is 1. The molecule has 1 saturated heterocycles. The number of rotatable bonds is 5. The Bertz CT molecular complexity index is 511. The van der Waals surface area contributed by atoms with E-state index >= 15 is 0 Å². The van der Waals surface area contributed by atoms with Crippen LogP contribution in [-0.2, 0) is 12.7 Å². The van der Waals surface area contributed by atoms with Crippen molar-refractivity contribution in [2.75, 3.05) is 19.6 Å². The smallest absolute Gasteiger partial charge is 0.317 e. The summed E-state index contributed by atoms with van der Waals surface area (Å²) >= 11 is 6.16. The molecule has 23 heavy (non-hydrogen) atoms. The summed E-state index contributed by atoms with van der Waals surface area (Å²) in [6, 6.07) is 3.99. The van der Waals surface area contributed by atoms with Gasteiger partial charge in [-0.3, -0.25) is 4.90 Å². The molecule has 0 saturated carbocycles. The van der Waals surface area contributed by atoms with Crippen LogP contribution in [0.4, 0.5) is 13.2 Å². The van der Waals surface area contributed by atoms with E-state index in [2.05, 4.69) is 24.1 Å². The summed E-state index contributed by atoms with van der Waals surface area (Å²) in [7, 11) is 0. The van der Waals surface area contributed by atoms with Gasteiger partial charge >= 0.3 is 6.18 Å². The fourth-order valence-electron chi connectivity index (χ4n) is 3.07. The zero-order valence-electron chi connectivity index (χ0n) is 13.6. The molecule has 1 heterocycles. The molecular weight excluding hydrogens is 325 g/mol. The molecular formula is C17H24ClF3N2. The number of hydrogen-bond acceptors (Lipinski definition) is 2. The monoisotopic (exact) mass is 348 g/mol. The van der Waals surface area contributed by atoms with Crippen LogP contribution in [0.15, 0.2) is 18.2 Å². The first kappa shape index (κ1) is 18.6. The molecule has 6 heteroatoms. The van der Waals surface area contributed by atoms with E-state index in [1.807, 2.05) is 0 Å². The van der Waals surface area contributed by atoms with Crippen molar-refractivity contribution in [3.63, 3.8) is 0 Å². The second kappa shape index (κ2) is 7.86. The Morgan fingerprint density at radius 2 is 1.91 bits per heavy atom. The lowest BCUT2D eigenvalue weighted by Crippen LogP contribution is -2.44. The second-order valence-corrected chi connectivity index (χ2v) is 7.02. The molecule has 2 nitrogen and oxygen atoms in total. The van der Waals surface area contributed by atoms with Crippen LogP contribution in [0.1, 0.15) is 37.8 Å². The largest absolute Gasteiger partial charge is 0.416 e. The normalized spacial score (nSPS) is 17.2. The van der Waals surface area contributed by atoms with Crippen LogP contribution in [0.2, 0.25) is 5.02 Å². The van der Waals surface area contributed by atoms with Crippen molar-refractivity contribution in [3.8, 4) is 0 Å². The number of nitrogens with one attached hydrogen (secondary N) is 1. The highest BCUT2D eigenvalue weighted by Crippen LogP contribution is 2.32. The molecule has 1 fully saturated rings. The second-order valence-electron chi connectivity index (χ2n) is 6.61. The summed E-state index contributed by atoms with van der Waals surface area (Å²) in [6.07, 6.45) is -2.30. The van der Waals surface area contributed by atoms with Gasteiger partial charge in [-0.15, -0.1) is 0 Å². The molecule has 0 radical (unpaired) electrons. The van der Waals surface area contributed by atoms with Gasteiger partial charge in [0.2, 0.25) is 0 Å². The van der Waals surface area contributed by atoms with E-state index in [1.165, 1.54) is 12.1 Å². The van der Waals surface area contributed by atoms with E-state index in [-0.39, 0.29) is 0 Å². The Kier molecular flexibility index (Phi) is 6.34. The number of piperidine rings is 1. The van der Waals surface area contributed by atoms with Gasteiger partial charge < -0.3 is 5.32 Å². The zero-order chi connectivity index (χ0) is 17.0. The minimum absolute atomic E-state index is 0.393. The lowest BCUT2D eigenvalue weighted by atomic mass is 10.0. The number of nitrogens with zero attached hydrogens (tertiary/aromatic N) is 1. The Balaban J connectivity index is 2.20. The molecule has 0 bridgehead atoms. The molecule has 1 aliphatic rings. The van der Waals surface area contributed by atoms with Crippen molar-refractivity contribution in [1.82, 2.24) is 10.2 Å². The molecule has 1 N–H and O–H groups in total. The molecule has 2 rings (SSSR count). The molecule has 1 aliphatic heterocycles. The number of hydrogen-bond donors (Lipinski definition) is 1. The van der Waals surface area contributed by atoms with E-state index in [4.69, 9.17) is 11.6 Å². The summed E-state index contributed by atoms with van der Waals surface area (Å²) < 4.78 is 38.8. The van der Waals surface area contributed by atoms with E-state index in [1.54, 1.807) is 0 Å². The third-order valence-corrected chi connectivity index (χ3v) is 4.54. The molecule has 0 unspecified atom stereocenters. The van der Waals surface area contributed by atoms with Gasteiger partial charge in [0, 0.05) is 24.2 Å². The topological polar surface area (TPSA) is 15.3 Å². The SMILES string of the molecule is CC(C)CN(Cc1cc(C(F)(F)F)ccc1Cl)C1CCNCC1. The minimum atomic E-state index is -4.34. The average molecular weight is 349 g/mol. The molecule has 0 amide bonds. The first-order valence-corrected chi connectivity index (χ1v) is 8.45. The molecule has 0 aliphatic carbocycles. The van der Waals surface area contributed by atoms with Gasteiger partial charge in [-0.2, -0.15) is 13.2 Å². The lowest BCUT2D eigenvalue weighted by Gasteiger charge is -2.36. The van der Waals surface area contributed by atoms with Crippen LogP contribution in [0.3, 0.4) is 0 Å². The van der Waals surface area contributed by atoms with Crippen molar-refractivity contribution >= 4 is 11.6 Å². The van der Waals surface area contributed by atoms with E-state index < -0.39 is 11.7 Å². The summed E-state index contributed by atoms with van der Waals surface area (Å²) in [5, 5.41) is 3.73. The van der Waals surface area contributed by atoms with Gasteiger partial charge in [-0.1, -0.05) is 25.4 Å². The Labute approximate surface area is 141 Å². The van der Waals surface area contributed by atoms with Crippen molar-refractivity contribution in [3.05, 3.63) is 34.3 Å². The molecule has 1 aromatic carbocycles. The molecule has 130 valence electrons. The highest BCUT2D eigenvalue weighted by atomic mass is 35.5. The maximum atomic E-state index is 12.9. The van der Waals surface area contributed by atoms with Crippen LogP contribution < -0.4 is 5.32 Å². The minimum Gasteiger partial charge on any atom is -0.317 e.